The third-order valence-electron chi connectivity index (χ3n) is 0. The quantitative estimate of drug-likeness (QED) is 0.440. The van der Waals surface area contributed by atoms with Crippen LogP contribution in [0.25, 0.3) is 0 Å². The zero-order valence-corrected chi connectivity index (χ0v) is 10.3. The van der Waals surface area contributed by atoms with Crippen molar-refractivity contribution in [3.8, 4) is 0 Å². The summed E-state index contributed by atoms with van der Waals surface area (Å²) in [7, 11) is 0. The molecule has 4 heavy (non-hydrogen) atoms. The normalized spacial score (nSPS) is 1.00. The van der Waals surface area contributed by atoms with Gasteiger partial charge in [-0.15, -0.1) is 0 Å². The van der Waals surface area contributed by atoms with Crippen LogP contribution in [0.1, 0.15) is 0 Å². The monoisotopic (exact) mass is 467 g/mol. The predicted octanol–water partition coefficient (Wildman–Crippen LogP) is -0.502. The zero-order chi connectivity index (χ0) is 2.00. The minimum Gasteiger partial charge on any atom is 0 e. The summed E-state index contributed by atoms with van der Waals surface area (Å²) < 4.78 is 8.36. The van der Waals surface area contributed by atoms with Gasteiger partial charge in [0.05, 0.1) is 0 Å². The molecule has 0 saturated heterocycles. The first-order chi connectivity index (χ1) is 1.00. The molecule has 1 radical (unpaired) electrons. The molecule has 0 aromatic rings. The van der Waals surface area contributed by atoms with E-state index in [1.165, 1.54) is 0 Å². The molecule has 0 aromatic carbocycles. The minimum absolute atomic E-state index is 0. The van der Waals surface area contributed by atoms with Crippen molar-refractivity contribution in [1.82, 2.24) is 0 Å². The summed E-state index contributed by atoms with van der Waals surface area (Å²) in [5, 5.41) is 0. The van der Waals surface area contributed by atoms with Gasteiger partial charge in [-0.25, -0.2) is 0 Å². The fraction of sp³-hybridized carbons (Fsp3) is 0. The van der Waals surface area contributed by atoms with Crippen LogP contribution in [-0.4, -0.2) is 24.7 Å². The molecule has 0 aliphatic carbocycles. The van der Waals surface area contributed by atoms with Crippen LogP contribution >= 0.6 is 0 Å². The molecule has 0 fully saturated rings. The zero-order valence-electron chi connectivity index (χ0n) is 1.76. The first-order valence-electron chi connectivity index (χ1n) is 0.183. The number of hydrogen-bond donors (Lipinski definition) is 0. The summed E-state index contributed by atoms with van der Waals surface area (Å²) in [6.07, 6.45) is 0. The summed E-state index contributed by atoms with van der Waals surface area (Å²) >= 11 is 0.194. The van der Waals surface area contributed by atoms with E-state index >= 15 is 0 Å². The van der Waals surface area contributed by atoms with Gasteiger partial charge >= 0.3 is 27.5 Å². The average molecular weight is 467 g/mol. The molecule has 21 valence electrons. The minimum atomic E-state index is 0. The van der Waals surface area contributed by atoms with E-state index in [-0.39, 0.29) is 91.3 Å². The molecule has 0 atom stereocenters. The molecule has 0 rings (SSSR count). The largest absolute Gasteiger partial charge is 0 e. The van der Waals surface area contributed by atoms with Gasteiger partial charge in [0.15, 0.2) is 0 Å². The summed E-state index contributed by atoms with van der Waals surface area (Å²) in [5.74, 6) is 0. The molecule has 0 aliphatic rings. The Morgan fingerprint density at radius 1 is 1.25 bits per heavy atom. The maximum Gasteiger partial charge on any atom is 0 e. The molecular formula is BiOSmZr. The molecule has 0 heterocycles. The summed E-state index contributed by atoms with van der Waals surface area (Å²) in [6, 6.07) is 0. The van der Waals surface area contributed by atoms with Crippen molar-refractivity contribution in [2.45, 2.75) is 0 Å². The Labute approximate surface area is 91.8 Å². The van der Waals surface area contributed by atoms with Crippen LogP contribution in [0.15, 0.2) is 0 Å². The van der Waals surface area contributed by atoms with Crippen LogP contribution in [0.3, 0.4) is 0 Å². The van der Waals surface area contributed by atoms with Crippen LogP contribution < -0.4 is 0 Å². The second-order valence-corrected chi connectivity index (χ2v) is 0. The van der Waals surface area contributed by atoms with Gasteiger partial charge in [0, 0.05) is 66.6 Å². The SMILES string of the molecule is [O]=[Bi].[Sm].[Zr]. The van der Waals surface area contributed by atoms with E-state index in [2.05, 4.69) is 0 Å². The van der Waals surface area contributed by atoms with E-state index in [4.69, 9.17) is 2.81 Å². The third-order valence-corrected chi connectivity index (χ3v) is 0. The molecule has 1 nitrogen and oxygen atoms in total. The molecular weight excluding hydrogens is 467 g/mol. The van der Waals surface area contributed by atoms with E-state index in [0.29, 0.717) is 0 Å². The Kier molecular flexibility index (Phi) is 66.5. The maximum atomic E-state index is 8.36. The molecule has 0 aliphatic heterocycles. The third kappa shape index (κ3) is 8.86. The molecule has 0 bridgehead atoms. The standard InChI is InChI=1S/Bi.O.Sm.Zr. The Balaban J connectivity index is -0.00000000500. The van der Waals surface area contributed by atoms with Gasteiger partial charge in [-0.05, 0) is 0 Å². The first kappa shape index (κ1) is 15.8. The molecule has 0 amide bonds. The Morgan fingerprint density at radius 2 is 1.25 bits per heavy atom. The van der Waals surface area contributed by atoms with Gasteiger partial charge in [-0.2, -0.15) is 0 Å². The van der Waals surface area contributed by atoms with Crippen molar-refractivity contribution in [1.29, 1.82) is 0 Å². The smallest absolute Gasteiger partial charge is 0 e. The maximum absolute atomic E-state index is 8.36. The predicted molar refractivity (Wildman–Crippen MR) is 6.44 cm³/mol. The van der Waals surface area contributed by atoms with Crippen molar-refractivity contribution < 1.29 is 69.4 Å². The fourth-order valence-corrected chi connectivity index (χ4v) is 0. The van der Waals surface area contributed by atoms with E-state index in [1.54, 1.807) is 0 Å². The molecule has 0 saturated carbocycles. The van der Waals surface area contributed by atoms with Crippen LogP contribution in [0.5, 0.6) is 0 Å². The summed E-state index contributed by atoms with van der Waals surface area (Å²) in [5.41, 5.74) is 0. The molecule has 0 spiro atoms. The molecule has 0 aromatic heterocycles. The number of hydrogen-bond acceptors (Lipinski definition) is 1. The van der Waals surface area contributed by atoms with Crippen molar-refractivity contribution >= 4 is 24.7 Å². The van der Waals surface area contributed by atoms with Crippen LogP contribution in [0, 0.1) is 40.4 Å². The van der Waals surface area contributed by atoms with Crippen molar-refractivity contribution in [3.05, 3.63) is 0 Å². The Morgan fingerprint density at radius 3 is 1.25 bits per heavy atom. The van der Waals surface area contributed by atoms with Gasteiger partial charge in [0.1, 0.15) is 0 Å². The van der Waals surface area contributed by atoms with E-state index in [9.17, 15) is 0 Å². The first-order valence-corrected chi connectivity index (χ1v) is 1.60. The van der Waals surface area contributed by atoms with Crippen molar-refractivity contribution in [2.24, 2.45) is 0 Å². The summed E-state index contributed by atoms with van der Waals surface area (Å²) in [6.45, 7) is 0. The second kappa shape index (κ2) is 16.8. The summed E-state index contributed by atoms with van der Waals surface area (Å²) in [4.78, 5) is 0. The Hall–Kier alpha value is 2.90. The van der Waals surface area contributed by atoms with Crippen molar-refractivity contribution in [2.75, 3.05) is 0 Å². The topological polar surface area (TPSA) is 17.1 Å². The van der Waals surface area contributed by atoms with E-state index in [1.807, 2.05) is 0 Å². The van der Waals surface area contributed by atoms with Gasteiger partial charge in [0.25, 0.3) is 0 Å². The molecule has 0 N–H and O–H groups in total. The van der Waals surface area contributed by atoms with E-state index < -0.39 is 0 Å². The molecule has 4 heteroatoms. The van der Waals surface area contributed by atoms with Crippen LogP contribution in [-0.2, 0) is 29.0 Å². The van der Waals surface area contributed by atoms with Crippen LogP contribution in [0.2, 0.25) is 0 Å². The number of rotatable bonds is 0. The Bertz CT molecular complexity index is 8.00. The van der Waals surface area contributed by atoms with Gasteiger partial charge in [-0.3, -0.25) is 0 Å². The van der Waals surface area contributed by atoms with Crippen LogP contribution in [0.4, 0.5) is 0 Å². The second-order valence-electron chi connectivity index (χ2n) is 0. The van der Waals surface area contributed by atoms with Gasteiger partial charge < -0.3 is 0 Å². The average Bonchev–Trinajstić information content (AvgIpc) is 1.00. The van der Waals surface area contributed by atoms with Gasteiger partial charge in [-0.1, -0.05) is 0 Å². The van der Waals surface area contributed by atoms with Crippen molar-refractivity contribution in [3.63, 3.8) is 0 Å². The fourth-order valence-electron chi connectivity index (χ4n) is 0. The van der Waals surface area contributed by atoms with E-state index in [0.717, 1.165) is 0 Å². The van der Waals surface area contributed by atoms with Gasteiger partial charge in [0.2, 0.25) is 0 Å². The molecule has 0 unspecified atom stereocenters.